The van der Waals surface area contributed by atoms with Gasteiger partial charge in [0.1, 0.15) is 17.2 Å². The highest BCUT2D eigenvalue weighted by Gasteiger charge is 2.44. The van der Waals surface area contributed by atoms with Crippen LogP contribution in [0.1, 0.15) is 96.3 Å². The van der Waals surface area contributed by atoms with Gasteiger partial charge in [0.15, 0.2) is 0 Å². The summed E-state index contributed by atoms with van der Waals surface area (Å²) in [5.41, 5.74) is 4.32. The Morgan fingerprint density at radius 1 is 1.06 bits per heavy atom. The fraction of sp³-hybridized carbons (Fsp3) is 0.625. The summed E-state index contributed by atoms with van der Waals surface area (Å²) < 4.78 is 27.8. The number of amides is 2. The third-order valence-electron chi connectivity index (χ3n) is 11.3. The van der Waals surface area contributed by atoms with Gasteiger partial charge in [-0.15, -0.1) is 0 Å². The molecule has 3 aliphatic heterocycles. The highest BCUT2D eigenvalue weighted by atomic mass is 19.1. The van der Waals surface area contributed by atoms with E-state index in [1.54, 1.807) is 0 Å². The van der Waals surface area contributed by atoms with E-state index in [0.717, 1.165) is 59.8 Å². The van der Waals surface area contributed by atoms with Gasteiger partial charge < -0.3 is 19.3 Å². The van der Waals surface area contributed by atoms with Gasteiger partial charge in [-0.25, -0.2) is 14.2 Å². The van der Waals surface area contributed by atoms with Gasteiger partial charge in [-0.05, 0) is 83.2 Å². The summed E-state index contributed by atoms with van der Waals surface area (Å²) in [7, 11) is 0. The number of hydrogen-bond acceptors (Lipinski definition) is 7. The van der Waals surface area contributed by atoms with Gasteiger partial charge in [0.2, 0.25) is 5.91 Å². The molecule has 3 fully saturated rings. The van der Waals surface area contributed by atoms with Crippen LogP contribution in [0, 0.1) is 5.82 Å². The number of benzene rings is 1. The second-order valence-electron chi connectivity index (χ2n) is 17.0. The zero-order valence-corrected chi connectivity index (χ0v) is 31.5. The fourth-order valence-electron chi connectivity index (χ4n) is 8.41. The Balaban J connectivity index is 1.21. The second kappa shape index (κ2) is 13.8. The third-order valence-corrected chi connectivity index (χ3v) is 11.3. The number of carbonyl (C=O) groups excluding carboxylic acids is 2. The van der Waals surface area contributed by atoms with Crippen molar-refractivity contribution >= 4 is 23.2 Å². The molecule has 7 rings (SSSR count). The molecule has 3 atom stereocenters. The first kappa shape index (κ1) is 35.8. The van der Waals surface area contributed by atoms with Crippen LogP contribution in [0.2, 0.25) is 0 Å². The lowest BCUT2D eigenvalue weighted by Gasteiger charge is -2.47. The SMILES string of the molecule is C[C@@H]1COCCN1C[C@H]1CN(C(=O)OC(C)(C)C)[C@H](C)CN1CC(=O)N1CC(C)(C)c2c1cc(Cc1ccc(F)cc1)c1cnc(C3CCC3)n21. The van der Waals surface area contributed by atoms with Crippen molar-refractivity contribution in [3.8, 4) is 0 Å². The van der Waals surface area contributed by atoms with Crippen LogP contribution in [-0.2, 0) is 26.1 Å². The minimum atomic E-state index is -0.594. The van der Waals surface area contributed by atoms with Gasteiger partial charge in [-0.1, -0.05) is 32.4 Å². The number of hydrogen-bond donors (Lipinski definition) is 0. The number of pyridine rings is 1. The van der Waals surface area contributed by atoms with E-state index in [4.69, 9.17) is 14.5 Å². The number of imidazole rings is 1. The Labute approximate surface area is 301 Å². The van der Waals surface area contributed by atoms with E-state index >= 15 is 0 Å². The molecule has 2 saturated heterocycles. The molecule has 0 spiro atoms. The van der Waals surface area contributed by atoms with Crippen LogP contribution in [0.25, 0.3) is 5.52 Å². The van der Waals surface area contributed by atoms with Crippen LogP contribution < -0.4 is 4.90 Å². The predicted molar refractivity (Wildman–Crippen MR) is 196 cm³/mol. The van der Waals surface area contributed by atoms with E-state index < -0.39 is 5.60 Å². The van der Waals surface area contributed by atoms with E-state index in [9.17, 15) is 14.0 Å². The van der Waals surface area contributed by atoms with E-state index in [2.05, 4.69) is 41.0 Å². The highest BCUT2D eigenvalue weighted by molar-refractivity contribution is 5.98. The molecular weight excluding hydrogens is 647 g/mol. The number of halogens is 1. The fourth-order valence-corrected chi connectivity index (χ4v) is 8.41. The maximum atomic E-state index is 14.7. The quantitative estimate of drug-likeness (QED) is 0.300. The van der Waals surface area contributed by atoms with Crippen molar-refractivity contribution in [2.75, 3.05) is 57.4 Å². The van der Waals surface area contributed by atoms with E-state index in [-0.39, 0.29) is 47.9 Å². The molecule has 0 radical (unpaired) electrons. The lowest BCUT2D eigenvalue weighted by Crippen LogP contribution is -2.64. The molecule has 2 amide bonds. The van der Waals surface area contributed by atoms with Crippen molar-refractivity contribution in [2.45, 2.75) is 109 Å². The van der Waals surface area contributed by atoms with Crippen molar-refractivity contribution in [1.82, 2.24) is 24.1 Å². The molecule has 1 aromatic carbocycles. The Bertz CT molecular complexity index is 1760. The van der Waals surface area contributed by atoms with Crippen molar-refractivity contribution in [3.63, 3.8) is 0 Å². The van der Waals surface area contributed by atoms with E-state index in [0.29, 0.717) is 45.2 Å². The second-order valence-corrected chi connectivity index (χ2v) is 17.0. The van der Waals surface area contributed by atoms with E-state index in [1.165, 1.54) is 18.6 Å². The summed E-state index contributed by atoms with van der Waals surface area (Å²) in [5, 5.41) is 0. The van der Waals surface area contributed by atoms with Gasteiger partial charge in [-0.3, -0.25) is 19.0 Å². The maximum absolute atomic E-state index is 14.7. The van der Waals surface area contributed by atoms with Gasteiger partial charge in [0, 0.05) is 62.2 Å². The van der Waals surface area contributed by atoms with Crippen LogP contribution in [0.15, 0.2) is 36.5 Å². The van der Waals surface area contributed by atoms with Crippen LogP contribution in [-0.4, -0.2) is 112 Å². The topological polar surface area (TPSA) is 82.9 Å². The smallest absolute Gasteiger partial charge is 0.410 e. The number of carbonyl (C=O) groups is 2. The van der Waals surface area contributed by atoms with Gasteiger partial charge in [0.05, 0.1) is 42.9 Å². The van der Waals surface area contributed by atoms with Gasteiger partial charge >= 0.3 is 6.09 Å². The number of rotatable bonds is 7. The summed E-state index contributed by atoms with van der Waals surface area (Å²) in [6.07, 6.45) is 5.74. The van der Waals surface area contributed by atoms with Crippen molar-refractivity contribution in [3.05, 3.63) is 65.0 Å². The Morgan fingerprint density at radius 3 is 2.47 bits per heavy atom. The number of morpholine rings is 1. The number of aromatic nitrogens is 2. The molecule has 0 unspecified atom stereocenters. The predicted octanol–water partition coefficient (Wildman–Crippen LogP) is 5.99. The molecule has 276 valence electrons. The molecule has 1 aliphatic carbocycles. The zero-order chi connectivity index (χ0) is 36.2. The summed E-state index contributed by atoms with van der Waals surface area (Å²) in [6, 6.07) is 8.95. The van der Waals surface area contributed by atoms with E-state index in [1.807, 2.05) is 55.8 Å². The first-order valence-electron chi connectivity index (χ1n) is 18.8. The lowest BCUT2D eigenvalue weighted by molar-refractivity contribution is -0.121. The normalized spacial score (nSPS) is 24.5. The van der Waals surface area contributed by atoms with Crippen LogP contribution >= 0.6 is 0 Å². The standard InChI is InChI=1S/C40H55FN6O4/c1-26-20-44(32(21-43-15-16-50-24-27(43)2)22-45(26)38(49)51-39(3,4)5)23-35(48)46-25-40(6,7)36-33(46)18-30(17-28-11-13-31(41)14-12-28)34-19-42-37(47(34)36)29-9-8-10-29/h11-14,18-19,26-27,29,32H,8-10,15-17,20-25H2,1-7H3/t26-,27-,32+/m1/s1. The molecule has 0 bridgehead atoms. The molecule has 51 heavy (non-hydrogen) atoms. The van der Waals surface area contributed by atoms with Crippen LogP contribution in [0.4, 0.5) is 14.9 Å². The Hall–Kier alpha value is -3.54. The Kier molecular flexibility index (Phi) is 9.69. The van der Waals surface area contributed by atoms with Gasteiger partial charge in [0.25, 0.3) is 0 Å². The minimum absolute atomic E-state index is 0.0521. The number of fused-ring (bicyclic) bond motifs is 3. The number of nitrogens with zero attached hydrogens (tertiary/aromatic N) is 6. The highest BCUT2D eigenvalue weighted by Crippen LogP contribution is 2.45. The van der Waals surface area contributed by atoms with Crippen molar-refractivity contribution < 1.29 is 23.5 Å². The Morgan fingerprint density at radius 2 is 1.80 bits per heavy atom. The summed E-state index contributed by atoms with van der Waals surface area (Å²) in [4.78, 5) is 41.7. The molecular formula is C40H55FN6O4. The van der Waals surface area contributed by atoms with Crippen LogP contribution in [0.3, 0.4) is 0 Å². The largest absolute Gasteiger partial charge is 0.444 e. The molecule has 3 aromatic rings. The molecule has 1 saturated carbocycles. The molecule has 10 nitrogen and oxygen atoms in total. The summed E-state index contributed by atoms with van der Waals surface area (Å²) in [5.74, 6) is 1.29. The zero-order valence-electron chi connectivity index (χ0n) is 31.5. The summed E-state index contributed by atoms with van der Waals surface area (Å²) >= 11 is 0. The molecule has 11 heteroatoms. The van der Waals surface area contributed by atoms with Crippen molar-refractivity contribution in [2.24, 2.45) is 0 Å². The number of ether oxygens (including phenoxy) is 2. The third kappa shape index (κ3) is 7.26. The molecule has 0 N–H and O–H groups in total. The van der Waals surface area contributed by atoms with Crippen LogP contribution in [0.5, 0.6) is 0 Å². The first-order valence-corrected chi connectivity index (χ1v) is 18.8. The average Bonchev–Trinajstić information content (AvgIpc) is 3.57. The summed E-state index contributed by atoms with van der Waals surface area (Å²) in [6.45, 7) is 19.1. The minimum Gasteiger partial charge on any atom is -0.444 e. The molecule has 4 aliphatic rings. The number of piperazine rings is 1. The molecule has 5 heterocycles. The first-order chi connectivity index (χ1) is 24.2. The maximum Gasteiger partial charge on any atom is 0.410 e. The van der Waals surface area contributed by atoms with Gasteiger partial charge in [-0.2, -0.15) is 0 Å². The van der Waals surface area contributed by atoms with Crippen molar-refractivity contribution in [1.29, 1.82) is 0 Å². The molecule has 2 aromatic heterocycles. The monoisotopic (exact) mass is 702 g/mol. The average molecular weight is 703 g/mol. The lowest BCUT2D eigenvalue weighted by atomic mass is 9.84. The number of anilines is 1.